The number of carbonyl (C=O) groups is 1. The van der Waals surface area contributed by atoms with Crippen LogP contribution in [0, 0.1) is 5.92 Å². The number of ether oxygens (including phenoxy) is 2. The molecule has 1 aliphatic rings. The van der Waals surface area contributed by atoms with Crippen LogP contribution in [0.3, 0.4) is 0 Å². The van der Waals surface area contributed by atoms with Gasteiger partial charge in [-0.2, -0.15) is 0 Å². The van der Waals surface area contributed by atoms with Crippen molar-refractivity contribution >= 4 is 6.09 Å². The standard InChI is InChI=1S/C14H27NO4/c1-5-6-7-18-9-11-8-14(11,10-16)15-12(17)19-13(2,3)4/h11,16H,5-10H2,1-4H3,(H,15,17)/t11-,14+/m0/s1. The lowest BCUT2D eigenvalue weighted by molar-refractivity contribution is 0.0442. The van der Waals surface area contributed by atoms with E-state index in [4.69, 9.17) is 9.47 Å². The molecule has 1 fully saturated rings. The molecule has 0 saturated heterocycles. The number of nitrogens with one attached hydrogen (secondary N) is 1. The highest BCUT2D eigenvalue weighted by Gasteiger charge is 2.55. The van der Waals surface area contributed by atoms with Gasteiger partial charge in [0.05, 0.1) is 18.8 Å². The number of unbranched alkanes of at least 4 members (excludes halogenated alkanes) is 1. The topological polar surface area (TPSA) is 67.8 Å². The molecule has 1 aliphatic carbocycles. The largest absolute Gasteiger partial charge is 0.444 e. The molecule has 2 atom stereocenters. The molecule has 2 N–H and O–H groups in total. The first-order chi connectivity index (χ1) is 8.83. The molecule has 112 valence electrons. The Morgan fingerprint density at radius 3 is 2.68 bits per heavy atom. The van der Waals surface area contributed by atoms with Crippen LogP contribution in [-0.2, 0) is 9.47 Å². The SMILES string of the molecule is CCCCOC[C@@H]1C[C@]1(CO)NC(=O)OC(C)(C)C. The van der Waals surface area contributed by atoms with Crippen molar-refractivity contribution in [2.24, 2.45) is 5.92 Å². The Kier molecular flexibility index (Phi) is 5.62. The maximum Gasteiger partial charge on any atom is 0.408 e. The summed E-state index contributed by atoms with van der Waals surface area (Å²) in [5.41, 5.74) is -1.07. The number of alkyl carbamates (subject to hydrolysis) is 1. The first-order valence-corrected chi connectivity index (χ1v) is 7.03. The second-order valence-electron chi connectivity index (χ2n) is 6.27. The van der Waals surface area contributed by atoms with E-state index in [-0.39, 0.29) is 12.5 Å². The maximum atomic E-state index is 11.7. The number of rotatable bonds is 7. The molecular formula is C14H27NO4. The summed E-state index contributed by atoms with van der Waals surface area (Å²) in [5.74, 6) is 0.182. The summed E-state index contributed by atoms with van der Waals surface area (Å²) >= 11 is 0. The molecule has 5 nitrogen and oxygen atoms in total. The van der Waals surface area contributed by atoms with Crippen LogP contribution in [-0.4, -0.2) is 42.2 Å². The van der Waals surface area contributed by atoms with Crippen LogP contribution in [0.4, 0.5) is 4.79 Å². The van der Waals surface area contributed by atoms with E-state index in [2.05, 4.69) is 12.2 Å². The summed E-state index contributed by atoms with van der Waals surface area (Å²) in [7, 11) is 0. The Labute approximate surface area is 115 Å². The third-order valence-corrected chi connectivity index (χ3v) is 3.23. The molecule has 0 aromatic heterocycles. The minimum absolute atomic E-state index is 0.0753. The van der Waals surface area contributed by atoms with Crippen LogP contribution in [0.15, 0.2) is 0 Å². The van der Waals surface area contributed by atoms with E-state index in [1.807, 2.05) is 20.8 Å². The minimum Gasteiger partial charge on any atom is -0.444 e. The summed E-state index contributed by atoms with van der Waals surface area (Å²) in [6.07, 6.45) is 2.41. The van der Waals surface area contributed by atoms with E-state index in [0.717, 1.165) is 25.9 Å². The lowest BCUT2D eigenvalue weighted by Crippen LogP contribution is -2.44. The van der Waals surface area contributed by atoms with Gasteiger partial charge in [-0.15, -0.1) is 0 Å². The summed E-state index contributed by atoms with van der Waals surface area (Å²) in [5, 5.41) is 12.2. The average Bonchev–Trinajstić information content (AvgIpc) is 2.96. The van der Waals surface area contributed by atoms with Gasteiger partial charge in [-0.05, 0) is 33.6 Å². The predicted molar refractivity (Wildman–Crippen MR) is 73.0 cm³/mol. The summed E-state index contributed by atoms with van der Waals surface area (Å²) in [6, 6.07) is 0. The molecule has 0 unspecified atom stereocenters. The van der Waals surface area contributed by atoms with Crippen molar-refractivity contribution in [1.82, 2.24) is 5.32 Å². The van der Waals surface area contributed by atoms with E-state index >= 15 is 0 Å². The first-order valence-electron chi connectivity index (χ1n) is 7.03. The molecule has 0 radical (unpaired) electrons. The Balaban J connectivity index is 2.32. The van der Waals surface area contributed by atoms with E-state index in [1.165, 1.54) is 0 Å². The molecule has 0 aromatic carbocycles. The van der Waals surface area contributed by atoms with Crippen molar-refractivity contribution in [3.05, 3.63) is 0 Å². The number of hydrogen-bond donors (Lipinski definition) is 2. The summed E-state index contributed by atoms with van der Waals surface area (Å²) in [6.45, 7) is 8.80. The molecule has 1 amide bonds. The van der Waals surface area contributed by atoms with Crippen molar-refractivity contribution in [3.8, 4) is 0 Å². The van der Waals surface area contributed by atoms with Crippen molar-refractivity contribution in [1.29, 1.82) is 0 Å². The van der Waals surface area contributed by atoms with Gasteiger partial charge in [0.25, 0.3) is 0 Å². The van der Waals surface area contributed by atoms with Crippen LogP contribution < -0.4 is 5.32 Å². The molecule has 0 aromatic rings. The fourth-order valence-corrected chi connectivity index (χ4v) is 1.96. The number of aliphatic hydroxyl groups excluding tert-OH is 1. The Bertz CT molecular complexity index is 300. The van der Waals surface area contributed by atoms with E-state index in [1.54, 1.807) is 0 Å². The second-order valence-corrected chi connectivity index (χ2v) is 6.27. The van der Waals surface area contributed by atoms with Crippen LogP contribution >= 0.6 is 0 Å². The lowest BCUT2D eigenvalue weighted by Gasteiger charge is -2.23. The Hall–Kier alpha value is -0.810. The van der Waals surface area contributed by atoms with Gasteiger partial charge in [-0.25, -0.2) is 4.79 Å². The number of hydrogen-bond acceptors (Lipinski definition) is 4. The maximum absolute atomic E-state index is 11.7. The highest BCUT2D eigenvalue weighted by molar-refractivity contribution is 5.69. The smallest absolute Gasteiger partial charge is 0.408 e. The molecule has 0 spiro atoms. The van der Waals surface area contributed by atoms with E-state index in [0.29, 0.717) is 6.61 Å². The van der Waals surface area contributed by atoms with Gasteiger partial charge in [-0.3, -0.25) is 0 Å². The highest BCUT2D eigenvalue weighted by atomic mass is 16.6. The third kappa shape index (κ3) is 5.37. The zero-order chi connectivity index (χ0) is 14.5. The molecule has 0 bridgehead atoms. The fourth-order valence-electron chi connectivity index (χ4n) is 1.96. The Morgan fingerprint density at radius 1 is 1.47 bits per heavy atom. The van der Waals surface area contributed by atoms with E-state index < -0.39 is 17.2 Å². The number of amides is 1. The fraction of sp³-hybridized carbons (Fsp3) is 0.929. The Morgan fingerprint density at radius 2 is 2.16 bits per heavy atom. The highest BCUT2D eigenvalue weighted by Crippen LogP contribution is 2.43. The van der Waals surface area contributed by atoms with Crippen molar-refractivity contribution in [2.75, 3.05) is 19.8 Å². The molecule has 5 heteroatoms. The van der Waals surface area contributed by atoms with Gasteiger partial charge >= 0.3 is 6.09 Å². The minimum atomic E-state index is -0.547. The third-order valence-electron chi connectivity index (χ3n) is 3.23. The van der Waals surface area contributed by atoms with Crippen LogP contribution in [0.2, 0.25) is 0 Å². The second kappa shape index (κ2) is 6.57. The normalized spacial score (nSPS) is 26.1. The van der Waals surface area contributed by atoms with Crippen molar-refractivity contribution in [2.45, 2.75) is 58.1 Å². The van der Waals surface area contributed by atoms with Gasteiger partial charge in [0, 0.05) is 12.5 Å². The number of aliphatic hydroxyl groups is 1. The molecule has 1 saturated carbocycles. The average molecular weight is 273 g/mol. The lowest BCUT2D eigenvalue weighted by atomic mass is 10.2. The van der Waals surface area contributed by atoms with Gasteiger partial charge in [-0.1, -0.05) is 13.3 Å². The van der Waals surface area contributed by atoms with Gasteiger partial charge in [0.2, 0.25) is 0 Å². The van der Waals surface area contributed by atoms with Crippen LogP contribution in [0.25, 0.3) is 0 Å². The molecule has 0 aliphatic heterocycles. The van der Waals surface area contributed by atoms with Gasteiger partial charge in [0.1, 0.15) is 5.60 Å². The van der Waals surface area contributed by atoms with Gasteiger partial charge in [0.15, 0.2) is 0 Å². The molecular weight excluding hydrogens is 246 g/mol. The number of carbonyl (C=O) groups excluding carboxylic acids is 1. The molecule has 1 rings (SSSR count). The first kappa shape index (κ1) is 16.2. The zero-order valence-corrected chi connectivity index (χ0v) is 12.5. The molecule has 19 heavy (non-hydrogen) atoms. The monoisotopic (exact) mass is 273 g/mol. The van der Waals surface area contributed by atoms with Gasteiger partial charge < -0.3 is 19.9 Å². The van der Waals surface area contributed by atoms with E-state index in [9.17, 15) is 9.90 Å². The summed E-state index contributed by atoms with van der Waals surface area (Å²) in [4.78, 5) is 11.7. The van der Waals surface area contributed by atoms with Crippen molar-refractivity contribution in [3.63, 3.8) is 0 Å². The summed E-state index contributed by atoms with van der Waals surface area (Å²) < 4.78 is 10.7. The van der Waals surface area contributed by atoms with Crippen molar-refractivity contribution < 1.29 is 19.4 Å². The van der Waals surface area contributed by atoms with Crippen LogP contribution in [0.5, 0.6) is 0 Å². The zero-order valence-electron chi connectivity index (χ0n) is 12.5. The quantitative estimate of drug-likeness (QED) is 0.697. The predicted octanol–water partition coefficient (Wildman–Crippen LogP) is 2.08. The van der Waals surface area contributed by atoms with Crippen LogP contribution in [0.1, 0.15) is 47.0 Å². The molecule has 0 heterocycles.